The summed E-state index contributed by atoms with van der Waals surface area (Å²) in [6, 6.07) is 12.0. The minimum Gasteiger partial charge on any atom is -0.492 e. The van der Waals surface area contributed by atoms with Crippen LogP contribution in [0.5, 0.6) is 5.75 Å². The van der Waals surface area contributed by atoms with E-state index in [4.69, 9.17) is 10.5 Å². The van der Waals surface area contributed by atoms with E-state index in [2.05, 4.69) is 5.32 Å². The molecule has 0 saturated heterocycles. The topological polar surface area (TPSA) is 81.4 Å². The number of sulfone groups is 1. The zero-order valence-corrected chi connectivity index (χ0v) is 12.8. The smallest absolute Gasteiger partial charge is 0.175 e. The number of anilines is 3. The van der Waals surface area contributed by atoms with Gasteiger partial charge in [-0.25, -0.2) is 8.42 Å². The fraction of sp³-hybridized carbons (Fsp3) is 0.200. The Morgan fingerprint density at radius 1 is 1.14 bits per heavy atom. The molecule has 0 amide bonds. The van der Waals surface area contributed by atoms with Gasteiger partial charge in [0.25, 0.3) is 0 Å². The van der Waals surface area contributed by atoms with Gasteiger partial charge in [-0.15, -0.1) is 0 Å². The van der Waals surface area contributed by atoms with Gasteiger partial charge in [-0.1, -0.05) is 6.07 Å². The number of rotatable bonds is 5. The van der Waals surface area contributed by atoms with Crippen molar-refractivity contribution < 1.29 is 13.2 Å². The van der Waals surface area contributed by atoms with Crippen molar-refractivity contribution in [3.63, 3.8) is 0 Å². The maximum Gasteiger partial charge on any atom is 0.175 e. The predicted molar refractivity (Wildman–Crippen MR) is 84.9 cm³/mol. The second-order valence-electron chi connectivity index (χ2n) is 4.57. The van der Waals surface area contributed by atoms with Gasteiger partial charge < -0.3 is 15.8 Å². The molecule has 0 spiro atoms. The van der Waals surface area contributed by atoms with Crippen LogP contribution in [0.4, 0.5) is 17.1 Å². The Labute approximate surface area is 124 Å². The van der Waals surface area contributed by atoms with Crippen LogP contribution in [-0.4, -0.2) is 21.3 Å². The first-order valence-electron chi connectivity index (χ1n) is 6.50. The molecule has 2 aromatic carbocycles. The Kier molecular flexibility index (Phi) is 4.37. The molecule has 0 saturated carbocycles. The molecule has 5 nitrogen and oxygen atoms in total. The molecule has 3 N–H and O–H groups in total. The van der Waals surface area contributed by atoms with Crippen molar-refractivity contribution in [3.8, 4) is 5.75 Å². The number of hydrogen-bond donors (Lipinski definition) is 2. The number of nitrogens with two attached hydrogens (primary N) is 1. The van der Waals surface area contributed by atoms with Crippen LogP contribution in [0.1, 0.15) is 6.92 Å². The number of nitrogens with one attached hydrogen (secondary N) is 1. The molecule has 0 bridgehead atoms. The van der Waals surface area contributed by atoms with E-state index in [1.807, 2.05) is 19.1 Å². The largest absolute Gasteiger partial charge is 0.492 e. The summed E-state index contributed by atoms with van der Waals surface area (Å²) >= 11 is 0. The first-order valence-corrected chi connectivity index (χ1v) is 8.39. The van der Waals surface area contributed by atoms with Gasteiger partial charge in [-0.2, -0.15) is 0 Å². The van der Waals surface area contributed by atoms with Gasteiger partial charge in [0.05, 0.1) is 22.9 Å². The Morgan fingerprint density at radius 2 is 1.81 bits per heavy atom. The van der Waals surface area contributed by atoms with Gasteiger partial charge in [0.2, 0.25) is 0 Å². The summed E-state index contributed by atoms with van der Waals surface area (Å²) in [5.41, 5.74) is 8.02. The summed E-state index contributed by atoms with van der Waals surface area (Å²) in [6.45, 7) is 2.43. The predicted octanol–water partition coefficient (Wildman–Crippen LogP) is 2.81. The summed E-state index contributed by atoms with van der Waals surface area (Å²) in [5.74, 6) is 0.621. The normalized spacial score (nSPS) is 11.1. The molecular weight excluding hydrogens is 288 g/mol. The number of benzene rings is 2. The first-order chi connectivity index (χ1) is 9.91. The highest BCUT2D eigenvalue weighted by atomic mass is 32.2. The lowest BCUT2D eigenvalue weighted by Gasteiger charge is -2.13. The zero-order valence-electron chi connectivity index (χ0n) is 12.0. The molecule has 0 radical (unpaired) electrons. The Balaban J connectivity index is 2.24. The standard InChI is InChI=1S/C15H18N2O3S/c1-3-20-14-6-4-5-13(15(14)16)17-11-7-9-12(10-8-11)21(2,18)19/h4-10,17H,3,16H2,1-2H3. The molecule has 0 fully saturated rings. The molecule has 0 heterocycles. The highest BCUT2D eigenvalue weighted by Gasteiger charge is 2.08. The van der Waals surface area contributed by atoms with Gasteiger partial charge in [0, 0.05) is 11.9 Å². The summed E-state index contributed by atoms with van der Waals surface area (Å²) < 4.78 is 28.3. The third-order valence-corrected chi connectivity index (χ3v) is 4.06. The third kappa shape index (κ3) is 3.66. The van der Waals surface area contributed by atoms with Gasteiger partial charge in [0.15, 0.2) is 9.84 Å². The molecule has 112 valence electrons. The maximum atomic E-state index is 11.4. The van der Waals surface area contributed by atoms with Crippen LogP contribution in [0.25, 0.3) is 0 Å². The fourth-order valence-corrected chi connectivity index (χ4v) is 2.51. The molecular formula is C15H18N2O3S. The average Bonchev–Trinajstić information content (AvgIpc) is 2.43. The quantitative estimate of drug-likeness (QED) is 0.830. The molecule has 0 aliphatic carbocycles. The Hall–Kier alpha value is -2.21. The molecule has 2 rings (SSSR count). The van der Waals surface area contributed by atoms with E-state index in [9.17, 15) is 8.42 Å². The lowest BCUT2D eigenvalue weighted by Crippen LogP contribution is -2.01. The summed E-state index contributed by atoms with van der Waals surface area (Å²) in [7, 11) is -3.19. The zero-order chi connectivity index (χ0) is 15.5. The molecule has 0 aliphatic heterocycles. The van der Waals surface area contributed by atoms with Crippen molar-refractivity contribution in [1.82, 2.24) is 0 Å². The monoisotopic (exact) mass is 306 g/mol. The molecule has 21 heavy (non-hydrogen) atoms. The second-order valence-corrected chi connectivity index (χ2v) is 6.59. The van der Waals surface area contributed by atoms with Crippen molar-refractivity contribution in [3.05, 3.63) is 42.5 Å². The van der Waals surface area contributed by atoms with Crippen LogP contribution in [-0.2, 0) is 9.84 Å². The van der Waals surface area contributed by atoms with Gasteiger partial charge in [-0.05, 0) is 43.3 Å². The molecule has 0 aromatic heterocycles. The molecule has 2 aromatic rings. The Morgan fingerprint density at radius 3 is 2.38 bits per heavy atom. The Bertz CT molecular complexity index is 725. The van der Waals surface area contributed by atoms with E-state index in [0.717, 1.165) is 5.69 Å². The van der Waals surface area contributed by atoms with Crippen molar-refractivity contribution in [2.24, 2.45) is 0 Å². The summed E-state index contributed by atoms with van der Waals surface area (Å²) in [4.78, 5) is 0.282. The van der Waals surface area contributed by atoms with Crippen molar-refractivity contribution >= 4 is 26.9 Å². The molecule has 0 aliphatic rings. The van der Waals surface area contributed by atoms with E-state index >= 15 is 0 Å². The highest BCUT2D eigenvalue weighted by Crippen LogP contribution is 2.31. The van der Waals surface area contributed by atoms with Crippen molar-refractivity contribution in [2.45, 2.75) is 11.8 Å². The van der Waals surface area contributed by atoms with Crippen molar-refractivity contribution in [2.75, 3.05) is 23.9 Å². The lowest BCUT2D eigenvalue weighted by molar-refractivity contribution is 0.342. The average molecular weight is 306 g/mol. The number of hydrogen-bond acceptors (Lipinski definition) is 5. The van der Waals surface area contributed by atoms with E-state index in [1.54, 1.807) is 30.3 Å². The fourth-order valence-electron chi connectivity index (χ4n) is 1.88. The summed E-state index contributed by atoms with van der Waals surface area (Å²) in [6.07, 6.45) is 1.18. The third-order valence-electron chi connectivity index (χ3n) is 2.93. The van der Waals surface area contributed by atoms with Crippen LogP contribution in [0.15, 0.2) is 47.4 Å². The molecule has 6 heteroatoms. The lowest BCUT2D eigenvalue weighted by atomic mass is 10.2. The number of nitrogen functional groups attached to an aromatic ring is 1. The molecule has 0 unspecified atom stereocenters. The van der Waals surface area contributed by atoms with E-state index in [1.165, 1.54) is 6.26 Å². The first kappa shape index (κ1) is 15.2. The minimum atomic E-state index is -3.19. The van der Waals surface area contributed by atoms with Crippen LogP contribution in [0.2, 0.25) is 0 Å². The molecule has 0 atom stereocenters. The number of para-hydroxylation sites is 1. The van der Waals surface area contributed by atoms with Crippen LogP contribution in [0, 0.1) is 0 Å². The maximum absolute atomic E-state index is 11.4. The van der Waals surface area contributed by atoms with Crippen LogP contribution >= 0.6 is 0 Å². The van der Waals surface area contributed by atoms with Gasteiger partial charge in [-0.3, -0.25) is 0 Å². The second kappa shape index (κ2) is 6.05. The van der Waals surface area contributed by atoms with E-state index in [0.29, 0.717) is 23.7 Å². The van der Waals surface area contributed by atoms with Crippen LogP contribution in [0.3, 0.4) is 0 Å². The van der Waals surface area contributed by atoms with Crippen LogP contribution < -0.4 is 15.8 Å². The summed E-state index contributed by atoms with van der Waals surface area (Å²) in [5, 5.41) is 3.15. The van der Waals surface area contributed by atoms with E-state index in [-0.39, 0.29) is 4.90 Å². The van der Waals surface area contributed by atoms with Crippen molar-refractivity contribution in [1.29, 1.82) is 0 Å². The van der Waals surface area contributed by atoms with Gasteiger partial charge in [0.1, 0.15) is 5.75 Å². The number of ether oxygens (including phenoxy) is 1. The SMILES string of the molecule is CCOc1cccc(Nc2ccc(S(C)(=O)=O)cc2)c1N. The highest BCUT2D eigenvalue weighted by molar-refractivity contribution is 7.90. The van der Waals surface area contributed by atoms with Gasteiger partial charge >= 0.3 is 0 Å². The minimum absolute atomic E-state index is 0.282. The van der Waals surface area contributed by atoms with E-state index < -0.39 is 9.84 Å².